The van der Waals surface area contributed by atoms with Gasteiger partial charge in [0.2, 0.25) is 17.7 Å². The van der Waals surface area contributed by atoms with Gasteiger partial charge in [0, 0.05) is 30.8 Å². The SMILES string of the molecule is O=C(O)C[C@H](NC(=O)C1CCCN2C(=O)CCC(NC(=O)c3ccccc3)C(=O)N12)C(=O)CN1C=CC(=O)NC1. The molecule has 2 unspecified atom stereocenters. The van der Waals surface area contributed by atoms with Crippen molar-refractivity contribution in [3.63, 3.8) is 0 Å². The van der Waals surface area contributed by atoms with Crippen molar-refractivity contribution in [1.29, 1.82) is 0 Å². The molecule has 14 nitrogen and oxygen atoms in total. The lowest BCUT2D eigenvalue weighted by Crippen LogP contribution is -2.64. The van der Waals surface area contributed by atoms with E-state index in [0.717, 1.165) is 5.01 Å². The number of benzene rings is 1. The summed E-state index contributed by atoms with van der Waals surface area (Å²) in [6.07, 6.45) is 2.47. The molecular weight excluding hydrogens is 524 g/mol. The zero-order valence-corrected chi connectivity index (χ0v) is 21.6. The number of aliphatic carboxylic acids is 1. The van der Waals surface area contributed by atoms with Crippen LogP contribution in [0.15, 0.2) is 42.6 Å². The summed E-state index contributed by atoms with van der Waals surface area (Å²) in [7, 11) is 0. The summed E-state index contributed by atoms with van der Waals surface area (Å²) < 4.78 is 0. The first kappa shape index (κ1) is 28.3. The number of hydrazine groups is 1. The van der Waals surface area contributed by atoms with E-state index in [2.05, 4.69) is 16.0 Å². The van der Waals surface area contributed by atoms with Crippen molar-refractivity contribution in [3.05, 3.63) is 48.2 Å². The number of nitrogens with one attached hydrogen (secondary N) is 3. The first-order chi connectivity index (χ1) is 19.1. The number of hydrogen-bond acceptors (Lipinski definition) is 8. The van der Waals surface area contributed by atoms with Crippen LogP contribution in [0.5, 0.6) is 0 Å². The highest BCUT2D eigenvalue weighted by atomic mass is 16.4. The summed E-state index contributed by atoms with van der Waals surface area (Å²) in [6, 6.07) is 4.56. The summed E-state index contributed by atoms with van der Waals surface area (Å²) in [4.78, 5) is 89.9. The fourth-order valence-electron chi connectivity index (χ4n) is 4.81. The molecule has 5 amide bonds. The van der Waals surface area contributed by atoms with Crippen LogP contribution in [-0.4, -0.2) is 99.2 Å². The second-order valence-electron chi connectivity index (χ2n) is 9.68. The molecule has 14 heteroatoms. The highest BCUT2D eigenvalue weighted by Crippen LogP contribution is 2.25. The third kappa shape index (κ3) is 6.62. The average molecular weight is 555 g/mol. The predicted octanol–water partition coefficient (Wildman–Crippen LogP) is -1.25. The molecular formula is C26H30N6O8. The standard InChI is InChI=1S/C26H30N6O8/c33-20(14-30-12-10-21(34)27-15-30)18(13-23(36)37)29-25(39)19-7-4-11-31-22(35)9-8-17(26(40)32(19)31)28-24(38)16-5-2-1-3-6-16/h1-3,5-6,10,12,17-19H,4,7-9,11,13-15H2,(H,27,34)(H,28,38)(H,29,39)(H,36,37)/t17?,18-,19?/m0/s1. The number of Topliss-reactive ketones (excluding diaryl/α,β-unsaturated/α-hetero) is 1. The lowest BCUT2D eigenvalue weighted by Gasteiger charge is -2.43. The van der Waals surface area contributed by atoms with E-state index in [1.165, 1.54) is 22.2 Å². The molecule has 0 spiro atoms. The number of rotatable bonds is 9. The van der Waals surface area contributed by atoms with Crippen LogP contribution in [0.25, 0.3) is 0 Å². The van der Waals surface area contributed by atoms with E-state index in [1.807, 2.05) is 0 Å². The molecule has 0 radical (unpaired) electrons. The Hall–Kier alpha value is -4.75. The number of amides is 5. The van der Waals surface area contributed by atoms with E-state index >= 15 is 0 Å². The lowest BCUT2D eigenvalue weighted by molar-refractivity contribution is -0.176. The number of hydrogen-bond donors (Lipinski definition) is 4. The number of carbonyl (C=O) groups excluding carboxylic acids is 6. The second-order valence-corrected chi connectivity index (χ2v) is 9.68. The topological polar surface area (TPSA) is 186 Å². The van der Waals surface area contributed by atoms with Crippen molar-refractivity contribution in [2.75, 3.05) is 19.8 Å². The van der Waals surface area contributed by atoms with Gasteiger partial charge in [-0.05, 0) is 31.4 Å². The second kappa shape index (κ2) is 12.4. The molecule has 3 aliphatic rings. The molecule has 3 aliphatic heterocycles. The first-order valence-electron chi connectivity index (χ1n) is 12.9. The molecule has 2 fully saturated rings. The van der Waals surface area contributed by atoms with Gasteiger partial charge in [-0.3, -0.25) is 38.6 Å². The van der Waals surface area contributed by atoms with Crippen LogP contribution in [0.1, 0.15) is 42.5 Å². The van der Waals surface area contributed by atoms with Crippen LogP contribution in [0, 0.1) is 0 Å². The lowest BCUT2D eigenvalue weighted by atomic mass is 10.0. The highest BCUT2D eigenvalue weighted by Gasteiger charge is 2.45. The smallest absolute Gasteiger partial charge is 0.305 e. The van der Waals surface area contributed by atoms with E-state index in [0.29, 0.717) is 12.0 Å². The van der Waals surface area contributed by atoms with Gasteiger partial charge in [0.15, 0.2) is 5.78 Å². The molecule has 4 N–H and O–H groups in total. The molecule has 3 heterocycles. The largest absolute Gasteiger partial charge is 0.481 e. The molecule has 40 heavy (non-hydrogen) atoms. The molecule has 3 atom stereocenters. The van der Waals surface area contributed by atoms with Crippen LogP contribution >= 0.6 is 0 Å². The van der Waals surface area contributed by atoms with Crippen LogP contribution in [0.3, 0.4) is 0 Å². The van der Waals surface area contributed by atoms with Crippen LogP contribution in [0.2, 0.25) is 0 Å². The maximum atomic E-state index is 13.6. The van der Waals surface area contributed by atoms with Gasteiger partial charge in [0.1, 0.15) is 12.1 Å². The van der Waals surface area contributed by atoms with Gasteiger partial charge < -0.3 is 26.0 Å². The Labute approximate surface area is 229 Å². The van der Waals surface area contributed by atoms with Gasteiger partial charge in [-0.15, -0.1) is 0 Å². The number of fused-ring (bicyclic) bond motifs is 1. The summed E-state index contributed by atoms with van der Waals surface area (Å²) >= 11 is 0. The third-order valence-electron chi connectivity index (χ3n) is 6.84. The summed E-state index contributed by atoms with van der Waals surface area (Å²) in [5.74, 6) is -4.61. The van der Waals surface area contributed by atoms with E-state index < -0.39 is 54.0 Å². The third-order valence-corrected chi connectivity index (χ3v) is 6.84. The Kier molecular flexibility index (Phi) is 8.76. The summed E-state index contributed by atoms with van der Waals surface area (Å²) in [6.45, 7) is -0.0500. The summed E-state index contributed by atoms with van der Waals surface area (Å²) in [5, 5.41) is 19.2. The van der Waals surface area contributed by atoms with Gasteiger partial charge in [0.05, 0.1) is 25.7 Å². The molecule has 1 aromatic rings. The van der Waals surface area contributed by atoms with Gasteiger partial charge in [0.25, 0.3) is 11.8 Å². The monoisotopic (exact) mass is 554 g/mol. The molecule has 0 saturated carbocycles. The van der Waals surface area contributed by atoms with Gasteiger partial charge >= 0.3 is 5.97 Å². The molecule has 212 valence electrons. The van der Waals surface area contributed by atoms with Gasteiger partial charge in [-0.2, -0.15) is 0 Å². The minimum absolute atomic E-state index is 0.0314. The van der Waals surface area contributed by atoms with Gasteiger partial charge in [-0.25, -0.2) is 5.01 Å². The Balaban J connectivity index is 1.50. The first-order valence-corrected chi connectivity index (χ1v) is 12.9. The minimum atomic E-state index is -1.42. The van der Waals surface area contributed by atoms with Crippen molar-refractivity contribution < 1.29 is 38.7 Å². The maximum absolute atomic E-state index is 13.6. The molecule has 1 aromatic carbocycles. The van der Waals surface area contributed by atoms with E-state index in [9.17, 15) is 38.7 Å². The Morgan fingerprint density at radius 1 is 1.07 bits per heavy atom. The van der Waals surface area contributed by atoms with Gasteiger partial charge in [-0.1, -0.05) is 18.2 Å². The number of carbonyl (C=O) groups is 7. The quantitative estimate of drug-likeness (QED) is 0.289. The number of ketones is 1. The fourth-order valence-corrected chi connectivity index (χ4v) is 4.81. The number of carboxylic acids is 1. The van der Waals surface area contributed by atoms with Crippen LogP contribution in [-0.2, 0) is 28.8 Å². The van der Waals surface area contributed by atoms with Crippen molar-refractivity contribution >= 4 is 41.3 Å². The van der Waals surface area contributed by atoms with Crippen molar-refractivity contribution in [2.24, 2.45) is 0 Å². The predicted molar refractivity (Wildman–Crippen MR) is 137 cm³/mol. The van der Waals surface area contributed by atoms with E-state index in [4.69, 9.17) is 0 Å². The van der Waals surface area contributed by atoms with Crippen molar-refractivity contribution in [2.45, 2.75) is 50.2 Å². The molecule has 0 aliphatic carbocycles. The number of nitrogens with zero attached hydrogens (tertiary/aromatic N) is 3. The van der Waals surface area contributed by atoms with Crippen LogP contribution < -0.4 is 16.0 Å². The summed E-state index contributed by atoms with van der Waals surface area (Å²) in [5.41, 5.74) is 0.328. The Bertz CT molecular complexity index is 1230. The van der Waals surface area contributed by atoms with Crippen LogP contribution in [0.4, 0.5) is 0 Å². The normalized spacial score (nSPS) is 21.6. The average Bonchev–Trinajstić information content (AvgIpc) is 3.06. The Morgan fingerprint density at radius 2 is 1.82 bits per heavy atom. The zero-order chi connectivity index (χ0) is 28.8. The minimum Gasteiger partial charge on any atom is -0.481 e. The van der Waals surface area contributed by atoms with Crippen molar-refractivity contribution in [1.82, 2.24) is 30.9 Å². The van der Waals surface area contributed by atoms with Crippen molar-refractivity contribution in [3.8, 4) is 0 Å². The maximum Gasteiger partial charge on any atom is 0.305 e. The molecule has 0 aromatic heterocycles. The van der Waals surface area contributed by atoms with E-state index in [-0.39, 0.29) is 50.8 Å². The molecule has 4 rings (SSSR count). The Morgan fingerprint density at radius 3 is 2.50 bits per heavy atom. The fraction of sp³-hybridized carbons (Fsp3) is 0.423. The number of carboxylic acid groups (broad SMARTS) is 1. The molecule has 2 saturated heterocycles. The highest BCUT2D eigenvalue weighted by molar-refractivity contribution is 6.00. The molecule has 0 bridgehead atoms. The van der Waals surface area contributed by atoms with E-state index in [1.54, 1.807) is 30.3 Å². The zero-order valence-electron chi connectivity index (χ0n) is 21.6.